The fraction of sp³-hybridized carbons (Fsp3) is 0.737. The van der Waals surface area contributed by atoms with E-state index in [-0.39, 0.29) is 5.92 Å². The Kier molecular flexibility index (Phi) is 5.76. The number of carbonyl (C=O) groups excluding carboxylic acids is 1. The molecule has 1 aliphatic heterocycles. The second kappa shape index (κ2) is 8.00. The third-order valence-corrected chi connectivity index (χ3v) is 5.34. The average molecular weight is 318 g/mol. The number of furan rings is 1. The number of aryl methyl sites for hydroxylation is 1. The Bertz CT molecular complexity index is 495. The van der Waals surface area contributed by atoms with Crippen LogP contribution in [0.3, 0.4) is 0 Å². The van der Waals surface area contributed by atoms with Crippen LogP contribution < -0.4 is 5.32 Å². The number of nitrogens with one attached hydrogen (secondary N) is 1. The van der Waals surface area contributed by atoms with Crippen LogP contribution in [0.2, 0.25) is 0 Å². The van der Waals surface area contributed by atoms with Gasteiger partial charge in [-0.1, -0.05) is 25.7 Å². The number of piperidine rings is 1. The molecule has 1 saturated carbocycles. The molecule has 23 heavy (non-hydrogen) atoms. The molecule has 4 nitrogen and oxygen atoms in total. The van der Waals surface area contributed by atoms with Crippen LogP contribution in [-0.2, 0) is 11.3 Å². The molecule has 1 amide bonds. The van der Waals surface area contributed by atoms with Crippen LogP contribution in [-0.4, -0.2) is 29.9 Å². The SMILES string of the molecule is Cc1ccc(CN2CCC(C(=O)NC3CCCCCC3)CC2)o1. The lowest BCUT2D eigenvalue weighted by Gasteiger charge is -2.31. The zero-order valence-electron chi connectivity index (χ0n) is 14.4. The van der Waals surface area contributed by atoms with Crippen molar-refractivity contribution < 1.29 is 9.21 Å². The monoisotopic (exact) mass is 318 g/mol. The van der Waals surface area contributed by atoms with Gasteiger partial charge in [0.15, 0.2) is 0 Å². The second-order valence-corrected chi connectivity index (χ2v) is 7.26. The van der Waals surface area contributed by atoms with Gasteiger partial charge in [-0.15, -0.1) is 0 Å². The largest absolute Gasteiger partial charge is 0.465 e. The molecule has 1 aromatic heterocycles. The van der Waals surface area contributed by atoms with Crippen LogP contribution in [0.4, 0.5) is 0 Å². The van der Waals surface area contributed by atoms with Crippen molar-refractivity contribution in [3.8, 4) is 0 Å². The molecule has 1 N–H and O–H groups in total. The number of carbonyl (C=O) groups is 1. The van der Waals surface area contributed by atoms with E-state index >= 15 is 0 Å². The molecule has 0 radical (unpaired) electrons. The highest BCUT2D eigenvalue weighted by atomic mass is 16.3. The summed E-state index contributed by atoms with van der Waals surface area (Å²) in [5, 5.41) is 3.32. The van der Waals surface area contributed by atoms with Crippen molar-refractivity contribution in [1.29, 1.82) is 0 Å². The van der Waals surface area contributed by atoms with E-state index in [0.29, 0.717) is 11.9 Å². The molecule has 2 fully saturated rings. The van der Waals surface area contributed by atoms with Crippen molar-refractivity contribution in [2.45, 2.75) is 70.9 Å². The first-order chi connectivity index (χ1) is 11.2. The highest BCUT2D eigenvalue weighted by Gasteiger charge is 2.27. The second-order valence-electron chi connectivity index (χ2n) is 7.26. The van der Waals surface area contributed by atoms with Crippen LogP contribution >= 0.6 is 0 Å². The van der Waals surface area contributed by atoms with Gasteiger partial charge in [-0.25, -0.2) is 0 Å². The average Bonchev–Trinajstić information content (AvgIpc) is 2.80. The van der Waals surface area contributed by atoms with Gasteiger partial charge in [0.05, 0.1) is 6.54 Å². The lowest BCUT2D eigenvalue weighted by Crippen LogP contribution is -2.43. The maximum absolute atomic E-state index is 12.5. The quantitative estimate of drug-likeness (QED) is 0.862. The molecular formula is C19H30N2O2. The summed E-state index contributed by atoms with van der Waals surface area (Å²) < 4.78 is 5.65. The molecule has 1 saturated heterocycles. The fourth-order valence-electron chi connectivity index (χ4n) is 3.89. The van der Waals surface area contributed by atoms with E-state index in [1.807, 2.05) is 13.0 Å². The summed E-state index contributed by atoms with van der Waals surface area (Å²) >= 11 is 0. The Morgan fingerprint density at radius 3 is 2.43 bits per heavy atom. The molecule has 0 aromatic carbocycles. The zero-order chi connectivity index (χ0) is 16.1. The van der Waals surface area contributed by atoms with Crippen molar-refractivity contribution in [1.82, 2.24) is 10.2 Å². The number of amides is 1. The summed E-state index contributed by atoms with van der Waals surface area (Å²) in [6, 6.07) is 4.50. The van der Waals surface area contributed by atoms with E-state index in [0.717, 1.165) is 44.0 Å². The Morgan fingerprint density at radius 1 is 1.13 bits per heavy atom. The lowest BCUT2D eigenvalue weighted by molar-refractivity contribution is -0.127. The Labute approximate surface area is 139 Å². The molecule has 2 aliphatic rings. The number of hydrogen-bond donors (Lipinski definition) is 1. The van der Waals surface area contributed by atoms with Crippen LogP contribution in [0.5, 0.6) is 0 Å². The van der Waals surface area contributed by atoms with Gasteiger partial charge < -0.3 is 9.73 Å². The summed E-state index contributed by atoms with van der Waals surface area (Å²) in [6.45, 7) is 4.82. The number of likely N-dealkylation sites (tertiary alicyclic amines) is 1. The van der Waals surface area contributed by atoms with E-state index < -0.39 is 0 Å². The molecule has 0 unspecified atom stereocenters. The third-order valence-electron chi connectivity index (χ3n) is 5.34. The molecule has 0 spiro atoms. The number of hydrogen-bond acceptors (Lipinski definition) is 3. The predicted octanol–water partition coefficient (Wildman–Crippen LogP) is 3.64. The van der Waals surface area contributed by atoms with Gasteiger partial charge >= 0.3 is 0 Å². The Balaban J connectivity index is 1.41. The van der Waals surface area contributed by atoms with E-state index in [1.165, 1.54) is 38.5 Å². The molecule has 0 bridgehead atoms. The summed E-state index contributed by atoms with van der Waals surface area (Å²) in [5.41, 5.74) is 0. The highest BCUT2D eigenvalue weighted by molar-refractivity contribution is 5.79. The van der Waals surface area contributed by atoms with E-state index in [1.54, 1.807) is 0 Å². The van der Waals surface area contributed by atoms with Crippen molar-refractivity contribution in [2.24, 2.45) is 5.92 Å². The van der Waals surface area contributed by atoms with Gasteiger partial charge in [-0.2, -0.15) is 0 Å². The Hall–Kier alpha value is -1.29. The van der Waals surface area contributed by atoms with Crippen molar-refractivity contribution in [3.05, 3.63) is 23.7 Å². The molecule has 4 heteroatoms. The summed E-state index contributed by atoms with van der Waals surface area (Å²) in [7, 11) is 0. The first kappa shape index (κ1) is 16.6. The van der Waals surface area contributed by atoms with Gasteiger partial charge in [0.2, 0.25) is 5.91 Å². The van der Waals surface area contributed by atoms with Gasteiger partial charge in [0.1, 0.15) is 11.5 Å². The van der Waals surface area contributed by atoms with E-state index in [2.05, 4.69) is 16.3 Å². The van der Waals surface area contributed by atoms with Crippen molar-refractivity contribution in [2.75, 3.05) is 13.1 Å². The molecule has 3 rings (SSSR count). The molecular weight excluding hydrogens is 288 g/mol. The van der Waals surface area contributed by atoms with Gasteiger partial charge in [0.25, 0.3) is 0 Å². The normalized spacial score (nSPS) is 22.0. The summed E-state index contributed by atoms with van der Waals surface area (Å²) in [6.07, 6.45) is 9.48. The van der Waals surface area contributed by atoms with Gasteiger partial charge in [-0.05, 0) is 57.8 Å². The van der Waals surface area contributed by atoms with Crippen molar-refractivity contribution >= 4 is 5.91 Å². The van der Waals surface area contributed by atoms with Crippen LogP contribution in [0.15, 0.2) is 16.5 Å². The predicted molar refractivity (Wildman–Crippen MR) is 91.1 cm³/mol. The smallest absolute Gasteiger partial charge is 0.223 e. The van der Waals surface area contributed by atoms with Gasteiger partial charge in [0, 0.05) is 12.0 Å². The van der Waals surface area contributed by atoms with E-state index in [9.17, 15) is 4.79 Å². The molecule has 1 aliphatic carbocycles. The standard InChI is InChI=1S/C19H30N2O2/c1-15-8-9-18(23-15)14-21-12-10-16(11-13-21)19(22)20-17-6-4-2-3-5-7-17/h8-9,16-17H,2-7,10-14H2,1H3,(H,20,22). The zero-order valence-corrected chi connectivity index (χ0v) is 14.4. The van der Waals surface area contributed by atoms with Crippen molar-refractivity contribution in [3.63, 3.8) is 0 Å². The summed E-state index contributed by atoms with van der Waals surface area (Å²) in [4.78, 5) is 14.9. The van der Waals surface area contributed by atoms with E-state index in [4.69, 9.17) is 4.42 Å². The topological polar surface area (TPSA) is 45.5 Å². The summed E-state index contributed by atoms with van der Waals surface area (Å²) in [5.74, 6) is 2.50. The van der Waals surface area contributed by atoms with Gasteiger partial charge in [-0.3, -0.25) is 9.69 Å². The third kappa shape index (κ3) is 4.84. The fourth-order valence-corrected chi connectivity index (χ4v) is 3.89. The Morgan fingerprint density at radius 2 is 1.83 bits per heavy atom. The maximum atomic E-state index is 12.5. The molecule has 2 heterocycles. The minimum Gasteiger partial charge on any atom is -0.465 e. The van der Waals surface area contributed by atoms with Crippen LogP contribution in [0.25, 0.3) is 0 Å². The molecule has 1 aromatic rings. The minimum atomic E-state index is 0.202. The number of rotatable bonds is 4. The lowest BCUT2D eigenvalue weighted by atomic mass is 9.95. The first-order valence-corrected chi connectivity index (χ1v) is 9.29. The minimum absolute atomic E-state index is 0.202. The molecule has 128 valence electrons. The van der Waals surface area contributed by atoms with Crippen LogP contribution in [0.1, 0.15) is 62.9 Å². The number of nitrogens with zero attached hydrogens (tertiary/aromatic N) is 1. The van der Waals surface area contributed by atoms with Crippen LogP contribution in [0, 0.1) is 12.8 Å². The maximum Gasteiger partial charge on any atom is 0.223 e. The molecule has 0 atom stereocenters. The highest BCUT2D eigenvalue weighted by Crippen LogP contribution is 2.22. The first-order valence-electron chi connectivity index (χ1n) is 9.29.